The van der Waals surface area contributed by atoms with Gasteiger partial charge in [0.2, 0.25) is 0 Å². The topological polar surface area (TPSA) is 74.7 Å². The Kier molecular flexibility index (Phi) is 4.47. The smallest absolute Gasteiger partial charge is 0.174 e. The monoisotopic (exact) mass is 276 g/mol. The number of hydrogen-bond acceptors (Lipinski definition) is 4. The molecule has 0 amide bonds. The summed E-state index contributed by atoms with van der Waals surface area (Å²) in [6.45, 7) is 6.96. The largest absolute Gasteiger partial charge is 0.409 e. The number of nitrogens with zero attached hydrogens (tertiary/aromatic N) is 3. The van der Waals surface area contributed by atoms with Crippen molar-refractivity contribution in [1.82, 2.24) is 4.98 Å². The molecule has 1 aromatic heterocycles. The van der Waals surface area contributed by atoms with Crippen LogP contribution in [0.3, 0.4) is 0 Å². The van der Waals surface area contributed by atoms with Crippen molar-refractivity contribution in [3.05, 3.63) is 23.0 Å². The van der Waals surface area contributed by atoms with Gasteiger partial charge in [-0.15, -0.1) is 0 Å². The molecule has 0 unspecified atom stereocenters. The predicted molar refractivity (Wildman–Crippen MR) is 81.5 cm³/mol. The third-order valence-electron chi connectivity index (χ3n) is 4.09. The molecule has 0 radical (unpaired) electrons. The van der Waals surface area contributed by atoms with Crippen LogP contribution in [0.15, 0.2) is 11.2 Å². The van der Waals surface area contributed by atoms with E-state index < -0.39 is 0 Å². The Labute approximate surface area is 120 Å². The maximum Gasteiger partial charge on any atom is 0.174 e. The van der Waals surface area contributed by atoms with Gasteiger partial charge < -0.3 is 15.8 Å². The molecule has 5 nitrogen and oxygen atoms in total. The first-order valence-electron chi connectivity index (χ1n) is 7.31. The molecule has 0 bridgehead atoms. The molecule has 1 saturated carbocycles. The highest BCUT2D eigenvalue weighted by atomic mass is 16.4. The molecule has 0 saturated heterocycles. The highest BCUT2D eigenvalue weighted by Gasteiger charge is 2.25. The lowest BCUT2D eigenvalue weighted by atomic mass is 10.1. The molecule has 1 aliphatic rings. The highest BCUT2D eigenvalue weighted by molar-refractivity contribution is 6.03. The molecular formula is C15H24N4O. The molecule has 1 fully saturated rings. The zero-order valence-electron chi connectivity index (χ0n) is 12.6. The van der Waals surface area contributed by atoms with Crippen molar-refractivity contribution in [1.29, 1.82) is 0 Å². The quantitative estimate of drug-likeness (QED) is 0.383. The van der Waals surface area contributed by atoms with E-state index in [1.165, 1.54) is 25.7 Å². The number of aromatic nitrogens is 1. The highest BCUT2D eigenvalue weighted by Crippen LogP contribution is 2.31. The zero-order valence-corrected chi connectivity index (χ0v) is 12.6. The number of anilines is 1. The first-order chi connectivity index (χ1) is 9.58. The SMILES string of the molecule is CCN(c1cc(C)nc(C)c1/C(N)=N/O)C1CCCC1. The molecule has 3 N–H and O–H groups in total. The van der Waals surface area contributed by atoms with E-state index in [-0.39, 0.29) is 5.84 Å². The number of pyridine rings is 1. The van der Waals surface area contributed by atoms with Gasteiger partial charge in [-0.1, -0.05) is 18.0 Å². The fourth-order valence-electron chi connectivity index (χ4n) is 3.24. The lowest BCUT2D eigenvalue weighted by Crippen LogP contribution is -2.35. The minimum Gasteiger partial charge on any atom is -0.409 e. The van der Waals surface area contributed by atoms with E-state index >= 15 is 0 Å². The van der Waals surface area contributed by atoms with Gasteiger partial charge in [0.1, 0.15) is 0 Å². The number of rotatable bonds is 4. The fourth-order valence-corrected chi connectivity index (χ4v) is 3.24. The third kappa shape index (κ3) is 2.71. The predicted octanol–water partition coefficient (Wildman–Crippen LogP) is 2.56. The number of oxime groups is 1. The fraction of sp³-hybridized carbons (Fsp3) is 0.600. The number of amidine groups is 1. The van der Waals surface area contributed by atoms with Gasteiger partial charge in [-0.3, -0.25) is 4.98 Å². The molecular weight excluding hydrogens is 252 g/mol. The van der Waals surface area contributed by atoms with Crippen LogP contribution in [0.5, 0.6) is 0 Å². The summed E-state index contributed by atoms with van der Waals surface area (Å²) in [6.07, 6.45) is 4.99. The van der Waals surface area contributed by atoms with Crippen LogP contribution in [0.25, 0.3) is 0 Å². The number of hydrogen-bond donors (Lipinski definition) is 2. The standard InChI is InChI=1S/C15H24N4O/c1-4-19(12-7-5-6-8-12)13-9-10(2)17-11(3)14(13)15(16)18-20/h9,12,20H,4-8H2,1-3H3,(H2,16,18). The average Bonchev–Trinajstić information content (AvgIpc) is 2.92. The molecule has 0 spiro atoms. The van der Waals surface area contributed by atoms with Crippen molar-refractivity contribution >= 4 is 11.5 Å². The Morgan fingerprint density at radius 1 is 1.45 bits per heavy atom. The van der Waals surface area contributed by atoms with Gasteiger partial charge in [0.05, 0.1) is 16.9 Å². The molecule has 0 atom stereocenters. The first-order valence-corrected chi connectivity index (χ1v) is 7.31. The summed E-state index contributed by atoms with van der Waals surface area (Å²) in [5.74, 6) is 0.140. The summed E-state index contributed by atoms with van der Waals surface area (Å²) in [5.41, 5.74) is 9.44. The Bertz CT molecular complexity index is 507. The molecule has 0 aromatic carbocycles. The summed E-state index contributed by atoms with van der Waals surface area (Å²) in [7, 11) is 0. The van der Waals surface area contributed by atoms with Crippen LogP contribution >= 0.6 is 0 Å². The van der Waals surface area contributed by atoms with E-state index in [0.717, 1.165) is 29.2 Å². The van der Waals surface area contributed by atoms with Crippen molar-refractivity contribution in [3.63, 3.8) is 0 Å². The van der Waals surface area contributed by atoms with E-state index in [0.29, 0.717) is 6.04 Å². The van der Waals surface area contributed by atoms with Gasteiger partial charge in [-0.05, 0) is 39.7 Å². The van der Waals surface area contributed by atoms with Crippen LogP contribution in [0.4, 0.5) is 5.69 Å². The van der Waals surface area contributed by atoms with Crippen LogP contribution in [0.1, 0.15) is 49.6 Å². The van der Waals surface area contributed by atoms with Crippen molar-refractivity contribution < 1.29 is 5.21 Å². The Hall–Kier alpha value is -1.78. The van der Waals surface area contributed by atoms with Crippen LogP contribution in [0.2, 0.25) is 0 Å². The van der Waals surface area contributed by atoms with Gasteiger partial charge >= 0.3 is 0 Å². The van der Waals surface area contributed by atoms with Gasteiger partial charge in [0, 0.05) is 18.3 Å². The normalized spacial score (nSPS) is 16.6. The van der Waals surface area contributed by atoms with Crippen molar-refractivity contribution in [2.45, 2.75) is 52.5 Å². The molecule has 110 valence electrons. The lowest BCUT2D eigenvalue weighted by Gasteiger charge is -2.32. The second-order valence-electron chi connectivity index (χ2n) is 5.45. The van der Waals surface area contributed by atoms with E-state index in [2.05, 4.69) is 22.0 Å². The number of aryl methyl sites for hydroxylation is 2. The maximum absolute atomic E-state index is 9.04. The Balaban J connectivity index is 2.52. The van der Waals surface area contributed by atoms with Gasteiger partial charge in [-0.25, -0.2) is 0 Å². The minimum absolute atomic E-state index is 0.140. The lowest BCUT2D eigenvalue weighted by molar-refractivity contribution is 0.318. The average molecular weight is 276 g/mol. The minimum atomic E-state index is 0.140. The second kappa shape index (κ2) is 6.11. The second-order valence-corrected chi connectivity index (χ2v) is 5.45. The summed E-state index contributed by atoms with van der Waals surface area (Å²) in [6, 6.07) is 2.59. The molecule has 1 heterocycles. The Morgan fingerprint density at radius 3 is 2.65 bits per heavy atom. The van der Waals surface area contributed by atoms with Crippen LogP contribution in [-0.4, -0.2) is 28.6 Å². The third-order valence-corrected chi connectivity index (χ3v) is 4.09. The Morgan fingerprint density at radius 2 is 2.10 bits per heavy atom. The zero-order chi connectivity index (χ0) is 14.7. The molecule has 20 heavy (non-hydrogen) atoms. The van der Waals surface area contributed by atoms with E-state index in [9.17, 15) is 0 Å². The van der Waals surface area contributed by atoms with E-state index in [1.807, 2.05) is 19.9 Å². The van der Waals surface area contributed by atoms with E-state index in [4.69, 9.17) is 10.9 Å². The maximum atomic E-state index is 9.04. The summed E-state index contributed by atoms with van der Waals surface area (Å²) < 4.78 is 0. The van der Waals surface area contributed by atoms with Crippen molar-refractivity contribution in [3.8, 4) is 0 Å². The molecule has 5 heteroatoms. The van der Waals surface area contributed by atoms with Crippen LogP contribution in [0, 0.1) is 13.8 Å². The van der Waals surface area contributed by atoms with Crippen LogP contribution < -0.4 is 10.6 Å². The first kappa shape index (κ1) is 14.6. The summed E-state index contributed by atoms with van der Waals surface area (Å²) >= 11 is 0. The molecule has 1 aromatic rings. The van der Waals surface area contributed by atoms with Gasteiger partial charge in [0.25, 0.3) is 0 Å². The summed E-state index contributed by atoms with van der Waals surface area (Å²) in [4.78, 5) is 6.82. The number of nitrogens with two attached hydrogens (primary N) is 1. The molecule has 2 rings (SSSR count). The van der Waals surface area contributed by atoms with E-state index in [1.54, 1.807) is 0 Å². The molecule has 0 aliphatic heterocycles. The molecule has 1 aliphatic carbocycles. The van der Waals surface area contributed by atoms with Gasteiger partial charge in [0.15, 0.2) is 5.84 Å². The van der Waals surface area contributed by atoms with Crippen LogP contribution in [-0.2, 0) is 0 Å². The van der Waals surface area contributed by atoms with Crippen molar-refractivity contribution in [2.75, 3.05) is 11.4 Å². The summed E-state index contributed by atoms with van der Waals surface area (Å²) in [5, 5.41) is 12.2. The van der Waals surface area contributed by atoms with Crippen molar-refractivity contribution in [2.24, 2.45) is 10.9 Å². The van der Waals surface area contributed by atoms with Gasteiger partial charge in [-0.2, -0.15) is 0 Å².